The molecule has 0 heterocycles. The van der Waals surface area contributed by atoms with Gasteiger partial charge < -0.3 is 18.6 Å². The molecule has 0 aliphatic heterocycles. The Morgan fingerprint density at radius 3 is 1.00 bits per heavy atom. The van der Waals surface area contributed by atoms with Crippen molar-refractivity contribution < 1.29 is 18.6 Å². The van der Waals surface area contributed by atoms with E-state index in [2.05, 4.69) is 0 Å². The summed E-state index contributed by atoms with van der Waals surface area (Å²) in [5.41, 5.74) is -0.614. The van der Waals surface area contributed by atoms with E-state index in [4.69, 9.17) is 18.6 Å². The van der Waals surface area contributed by atoms with Gasteiger partial charge in [0.2, 0.25) is 0 Å². The molecule has 0 bridgehead atoms. The molecule has 0 saturated carbocycles. The van der Waals surface area contributed by atoms with Crippen molar-refractivity contribution in [3.63, 3.8) is 0 Å². The van der Waals surface area contributed by atoms with Crippen molar-refractivity contribution >= 4 is 14.0 Å². The lowest BCUT2D eigenvalue weighted by molar-refractivity contribution is 0.0684. The van der Waals surface area contributed by atoms with E-state index < -0.39 is 14.0 Å². The van der Waals surface area contributed by atoms with Gasteiger partial charge in [-0.15, -0.1) is 0 Å². The highest BCUT2D eigenvalue weighted by Crippen LogP contribution is 2.15. The largest absolute Gasteiger partial charge is 0.488 e. The van der Waals surface area contributed by atoms with Gasteiger partial charge in [0.1, 0.15) is 0 Å². The molecule has 0 aromatic carbocycles. The molecule has 0 N–H and O–H groups in total. The second kappa shape index (κ2) is 6.05. The molecule has 0 aliphatic carbocycles. The fourth-order valence-corrected chi connectivity index (χ4v) is 1.13. The third kappa shape index (κ3) is 7.28. The van der Waals surface area contributed by atoms with Crippen LogP contribution in [0.5, 0.6) is 0 Å². The van der Waals surface area contributed by atoms with E-state index >= 15 is 0 Å². The minimum atomic E-state index is -0.538. The van der Waals surface area contributed by atoms with Crippen LogP contribution in [0.2, 0.25) is 0 Å². The molecule has 0 spiro atoms. The maximum Gasteiger partial charge on any atom is 0.488 e. The van der Waals surface area contributed by atoms with E-state index in [-0.39, 0.29) is 11.2 Å². The normalized spacial score (nSPS) is 12.8. The zero-order valence-corrected chi connectivity index (χ0v) is 11.8. The van der Waals surface area contributed by atoms with Gasteiger partial charge in [0.15, 0.2) is 0 Å². The van der Waals surface area contributed by atoms with Gasteiger partial charge in [-0.3, -0.25) is 0 Å². The highest BCUT2D eigenvalue weighted by atomic mass is 16.7. The van der Waals surface area contributed by atoms with Gasteiger partial charge in [0.25, 0.3) is 0 Å². The number of rotatable bonds is 5. The van der Waals surface area contributed by atoms with Crippen LogP contribution < -0.4 is 0 Å². The Morgan fingerprint density at radius 2 is 0.875 bits per heavy atom. The minimum absolute atomic E-state index is 0.307. The molecule has 0 unspecified atom stereocenters. The maximum absolute atomic E-state index is 5.71. The van der Waals surface area contributed by atoms with Gasteiger partial charge >= 0.3 is 14.0 Å². The quantitative estimate of drug-likeness (QED) is 0.676. The summed E-state index contributed by atoms with van der Waals surface area (Å²) in [5.74, 6) is 0. The van der Waals surface area contributed by atoms with Crippen LogP contribution in [0.15, 0.2) is 0 Å². The summed E-state index contributed by atoms with van der Waals surface area (Å²) in [6.45, 7) is 11.8. The van der Waals surface area contributed by atoms with Crippen LogP contribution in [0, 0.1) is 0 Å². The summed E-state index contributed by atoms with van der Waals surface area (Å²) in [6.07, 6.45) is 0. The van der Waals surface area contributed by atoms with Gasteiger partial charge in [0, 0.05) is 25.4 Å². The molecule has 0 aromatic heterocycles. The van der Waals surface area contributed by atoms with Gasteiger partial charge in [-0.1, -0.05) is 0 Å². The summed E-state index contributed by atoms with van der Waals surface area (Å²) in [4.78, 5) is 0. The number of hydrogen-bond donors (Lipinski definition) is 0. The molecule has 0 amide bonds. The third-order valence-corrected chi connectivity index (χ3v) is 1.63. The standard InChI is InChI=1S/C10H24B2O4/c1-9(2,3)15-11(13-7)12(14-8)16-10(4,5)6/h1-8H3. The molecular formula is C10H24B2O4. The van der Waals surface area contributed by atoms with Gasteiger partial charge in [-0.2, -0.15) is 0 Å². The lowest BCUT2D eigenvalue weighted by atomic mass is 9.48. The first-order valence-electron chi connectivity index (χ1n) is 5.50. The first-order chi connectivity index (χ1) is 7.09. The summed E-state index contributed by atoms with van der Waals surface area (Å²) >= 11 is 0. The van der Waals surface area contributed by atoms with E-state index in [1.54, 1.807) is 14.2 Å². The van der Waals surface area contributed by atoms with Crippen LogP contribution >= 0.6 is 0 Å². The zero-order valence-electron chi connectivity index (χ0n) is 11.8. The van der Waals surface area contributed by atoms with Crippen LogP contribution in [0.25, 0.3) is 0 Å². The summed E-state index contributed by atoms with van der Waals surface area (Å²) in [6, 6.07) is 0. The van der Waals surface area contributed by atoms with Crippen LogP contribution in [-0.2, 0) is 18.6 Å². The predicted molar refractivity (Wildman–Crippen MR) is 67.2 cm³/mol. The van der Waals surface area contributed by atoms with Crippen molar-refractivity contribution in [1.29, 1.82) is 0 Å². The smallest absolute Gasteiger partial charge is 0.416 e. The van der Waals surface area contributed by atoms with Gasteiger partial charge in [-0.25, -0.2) is 0 Å². The van der Waals surface area contributed by atoms with E-state index in [0.717, 1.165) is 0 Å². The van der Waals surface area contributed by atoms with Crippen molar-refractivity contribution in [3.05, 3.63) is 0 Å². The van der Waals surface area contributed by atoms with Crippen molar-refractivity contribution in [1.82, 2.24) is 0 Å². The molecule has 0 radical (unpaired) electrons. The molecular weight excluding hydrogens is 206 g/mol. The SMILES string of the molecule is COB(OC(C)(C)C)B(OC)OC(C)(C)C. The molecule has 6 heteroatoms. The minimum Gasteiger partial charge on any atom is -0.416 e. The highest BCUT2D eigenvalue weighted by Gasteiger charge is 2.42. The van der Waals surface area contributed by atoms with Crippen LogP contribution in [-0.4, -0.2) is 39.4 Å². The van der Waals surface area contributed by atoms with E-state index in [1.807, 2.05) is 41.5 Å². The van der Waals surface area contributed by atoms with Crippen LogP contribution in [0.1, 0.15) is 41.5 Å². The Bertz CT molecular complexity index is 176. The maximum atomic E-state index is 5.71. The van der Waals surface area contributed by atoms with Crippen LogP contribution in [0.3, 0.4) is 0 Å². The van der Waals surface area contributed by atoms with Crippen molar-refractivity contribution in [2.45, 2.75) is 52.7 Å². The van der Waals surface area contributed by atoms with E-state index in [0.29, 0.717) is 0 Å². The molecule has 0 fully saturated rings. The molecule has 0 saturated heterocycles. The average molecular weight is 230 g/mol. The van der Waals surface area contributed by atoms with Crippen molar-refractivity contribution in [2.24, 2.45) is 0 Å². The van der Waals surface area contributed by atoms with Crippen molar-refractivity contribution in [3.8, 4) is 0 Å². The Kier molecular flexibility index (Phi) is 6.04. The summed E-state index contributed by atoms with van der Waals surface area (Å²) in [7, 11) is 2.08. The first-order valence-corrected chi connectivity index (χ1v) is 5.50. The Hall–Kier alpha value is -0.0301. The second-order valence-electron chi connectivity index (χ2n) is 5.67. The third-order valence-electron chi connectivity index (χ3n) is 1.63. The zero-order chi connectivity index (χ0) is 13.0. The fraction of sp³-hybridized carbons (Fsp3) is 1.00. The van der Waals surface area contributed by atoms with Gasteiger partial charge in [0.05, 0.1) is 0 Å². The highest BCUT2D eigenvalue weighted by molar-refractivity contribution is 7.10. The summed E-state index contributed by atoms with van der Waals surface area (Å²) in [5, 5.41) is 0. The van der Waals surface area contributed by atoms with E-state index in [1.165, 1.54) is 0 Å². The Morgan fingerprint density at radius 1 is 0.625 bits per heavy atom. The molecule has 16 heavy (non-hydrogen) atoms. The summed E-state index contributed by atoms with van der Waals surface area (Å²) < 4.78 is 21.9. The molecule has 94 valence electrons. The molecule has 0 aromatic rings. The molecule has 0 aliphatic rings. The second-order valence-corrected chi connectivity index (χ2v) is 5.67. The first kappa shape index (κ1) is 16.0. The lowest BCUT2D eigenvalue weighted by Crippen LogP contribution is -2.51. The predicted octanol–water partition coefficient (Wildman–Crippen LogP) is 1.96. The van der Waals surface area contributed by atoms with Crippen molar-refractivity contribution in [2.75, 3.05) is 14.2 Å². The molecule has 4 nitrogen and oxygen atoms in total. The van der Waals surface area contributed by atoms with Crippen LogP contribution in [0.4, 0.5) is 0 Å². The van der Waals surface area contributed by atoms with Gasteiger partial charge in [-0.05, 0) is 41.5 Å². The topological polar surface area (TPSA) is 36.9 Å². The molecule has 0 rings (SSSR count). The Balaban J connectivity index is 4.51. The Labute approximate surface area is 100 Å². The average Bonchev–Trinajstić information content (AvgIpc) is 2.07. The fourth-order valence-electron chi connectivity index (χ4n) is 1.13. The lowest BCUT2D eigenvalue weighted by Gasteiger charge is -2.30. The molecule has 0 atom stereocenters. The number of hydrogen-bond acceptors (Lipinski definition) is 4. The van der Waals surface area contributed by atoms with E-state index in [9.17, 15) is 0 Å². The monoisotopic (exact) mass is 230 g/mol.